The summed E-state index contributed by atoms with van der Waals surface area (Å²) in [6.07, 6.45) is 9.32. The van der Waals surface area contributed by atoms with Crippen molar-refractivity contribution in [2.24, 2.45) is 50.7 Å². The summed E-state index contributed by atoms with van der Waals surface area (Å²) in [5.41, 5.74) is -0.465. The van der Waals surface area contributed by atoms with E-state index in [2.05, 4.69) is 58.3 Å². The van der Waals surface area contributed by atoms with Gasteiger partial charge in [0.15, 0.2) is 6.29 Å². The highest BCUT2D eigenvalue weighted by atomic mass is 16.7. The second kappa shape index (κ2) is 13.9. The van der Waals surface area contributed by atoms with Crippen LogP contribution in [0.5, 0.6) is 0 Å². The van der Waals surface area contributed by atoms with E-state index in [0.29, 0.717) is 53.8 Å². The minimum Gasteiger partial charge on any atom is -0.394 e. The van der Waals surface area contributed by atoms with Gasteiger partial charge in [-0.25, -0.2) is 0 Å². The number of morpholine rings is 1. The maximum absolute atomic E-state index is 12.3. The molecule has 2 spiro atoms. The Morgan fingerprint density at radius 1 is 0.943 bits per heavy atom. The molecule has 13 atom stereocenters. The van der Waals surface area contributed by atoms with Crippen LogP contribution >= 0.6 is 0 Å². The van der Waals surface area contributed by atoms with Crippen LogP contribution in [0, 0.1) is 50.7 Å². The number of likely N-dealkylation sites (tertiary alicyclic amines) is 1. The summed E-state index contributed by atoms with van der Waals surface area (Å²) in [4.78, 5) is 4.96. The number of hydrogen-bond acceptors (Lipinski definition) is 9. The van der Waals surface area contributed by atoms with Crippen LogP contribution < -0.4 is 0 Å². The molecule has 2 heterocycles. The van der Waals surface area contributed by atoms with E-state index in [9.17, 15) is 15.3 Å². The Kier molecular flexibility index (Phi) is 10.7. The van der Waals surface area contributed by atoms with Gasteiger partial charge in [0.05, 0.1) is 37.1 Å². The third kappa shape index (κ3) is 6.17. The average Bonchev–Trinajstić information content (AvgIpc) is 3.69. The molecule has 0 aromatic carbocycles. The first kappa shape index (κ1) is 40.8. The molecule has 53 heavy (non-hydrogen) atoms. The molecule has 7 fully saturated rings. The summed E-state index contributed by atoms with van der Waals surface area (Å²) in [5.74, 6) is 1.91. The van der Waals surface area contributed by atoms with Crippen molar-refractivity contribution in [3.8, 4) is 0 Å². The highest BCUT2D eigenvalue weighted by Gasteiger charge is 2.83. The highest BCUT2D eigenvalue weighted by Crippen LogP contribution is 2.89. The van der Waals surface area contributed by atoms with E-state index in [4.69, 9.17) is 18.9 Å². The Hall–Kier alpha value is -0.360. The average molecular weight is 747 g/mol. The zero-order chi connectivity index (χ0) is 38.6. The quantitative estimate of drug-likeness (QED) is 0.206. The molecule has 0 bridgehead atoms. The van der Waals surface area contributed by atoms with Crippen molar-refractivity contribution >= 4 is 0 Å². The van der Waals surface area contributed by atoms with Crippen molar-refractivity contribution in [3.63, 3.8) is 0 Å². The van der Waals surface area contributed by atoms with Crippen molar-refractivity contribution in [1.29, 1.82) is 0 Å². The molecule has 5 saturated carbocycles. The second-order valence-electron chi connectivity index (χ2n) is 21.6. The lowest BCUT2D eigenvalue weighted by molar-refractivity contribution is -0.254. The molecule has 2 aliphatic heterocycles. The molecule has 7 aliphatic rings. The van der Waals surface area contributed by atoms with Crippen LogP contribution in [0.25, 0.3) is 0 Å². The monoisotopic (exact) mass is 747 g/mol. The smallest absolute Gasteiger partial charge is 0.170 e. The SMILES string of the molecule is CCO[C@@H](C(C[C@@H](C)[C@H]1C[C@H](O)[C@@]2(C)C3CC[C@H]4C(C)(C)[C@@H](O[C@H]5CN(C6CN(C(C)(C)CO)C6)CCO5)CC[C@@]45C[C@@]35CC[C@]12C)OC)C(C)(C)O. The van der Waals surface area contributed by atoms with Crippen LogP contribution in [-0.2, 0) is 18.9 Å². The Balaban J connectivity index is 1.03. The number of hydrogen-bond donors (Lipinski definition) is 3. The largest absolute Gasteiger partial charge is 0.394 e. The molecular weight excluding hydrogens is 668 g/mol. The molecule has 0 aromatic heterocycles. The first-order valence-corrected chi connectivity index (χ1v) is 21.7. The molecule has 2 saturated heterocycles. The van der Waals surface area contributed by atoms with Gasteiger partial charge >= 0.3 is 0 Å². The molecule has 9 heteroatoms. The standard InChI is InChI=1S/C44H78N2O7/c1-12-51-37(40(7,8)49)31(50-11)21-28(2)30-22-34(48)42(10)33-14-13-32-39(5,6)35(15-16-43(32)26-44(33,43)18-17-41(30,42)9)53-36-25-45(19-20-52-36)29-23-46(24-29)38(3,4)27-47/h28-37,47-49H,12-27H2,1-11H3/t28-,30-,31?,32+,33?,34+,35+,36+,37+,41-,42-,43-,44+/m1/s1. The number of aliphatic hydroxyl groups excluding tert-OH is 2. The summed E-state index contributed by atoms with van der Waals surface area (Å²) < 4.78 is 25.5. The fraction of sp³-hybridized carbons (Fsp3) is 1.00. The summed E-state index contributed by atoms with van der Waals surface area (Å²) in [6, 6.07) is 0.507. The maximum Gasteiger partial charge on any atom is 0.170 e. The van der Waals surface area contributed by atoms with Gasteiger partial charge in [-0.1, -0.05) is 34.6 Å². The molecular formula is C44H78N2O7. The van der Waals surface area contributed by atoms with Gasteiger partial charge < -0.3 is 34.3 Å². The van der Waals surface area contributed by atoms with Crippen LogP contribution in [0.3, 0.4) is 0 Å². The summed E-state index contributed by atoms with van der Waals surface area (Å²) in [6.45, 7) is 27.5. The molecule has 9 nitrogen and oxygen atoms in total. The predicted molar refractivity (Wildman–Crippen MR) is 207 cm³/mol. The fourth-order valence-electron chi connectivity index (χ4n) is 14.8. The van der Waals surface area contributed by atoms with Crippen molar-refractivity contribution in [2.45, 2.75) is 175 Å². The third-order valence-corrected chi connectivity index (χ3v) is 18.2. The number of ether oxygens (including phenoxy) is 4. The zero-order valence-electron chi connectivity index (χ0n) is 35.5. The second-order valence-corrected chi connectivity index (χ2v) is 21.6. The van der Waals surface area contributed by atoms with Crippen molar-refractivity contribution in [1.82, 2.24) is 9.80 Å². The van der Waals surface area contributed by atoms with Gasteiger partial charge in [-0.2, -0.15) is 0 Å². The Bertz CT molecular complexity index is 1310. The number of methoxy groups -OCH3 is 1. The Morgan fingerprint density at radius 3 is 2.26 bits per heavy atom. The van der Waals surface area contributed by atoms with Gasteiger partial charge in [0.1, 0.15) is 6.10 Å². The minimum absolute atomic E-state index is 0.0534. The number of nitrogens with zero attached hydrogens (tertiary/aromatic N) is 2. The summed E-state index contributed by atoms with van der Waals surface area (Å²) in [5, 5.41) is 33.1. The van der Waals surface area contributed by atoms with Crippen molar-refractivity contribution in [3.05, 3.63) is 0 Å². The van der Waals surface area contributed by atoms with Crippen LogP contribution in [0.2, 0.25) is 0 Å². The third-order valence-electron chi connectivity index (χ3n) is 18.2. The van der Waals surface area contributed by atoms with Crippen molar-refractivity contribution < 1.29 is 34.3 Å². The lowest BCUT2D eigenvalue weighted by atomic mass is 9.41. The van der Waals surface area contributed by atoms with E-state index in [1.54, 1.807) is 7.11 Å². The van der Waals surface area contributed by atoms with Crippen LogP contribution in [0.15, 0.2) is 0 Å². The van der Waals surface area contributed by atoms with E-state index in [1.807, 2.05) is 20.8 Å². The van der Waals surface area contributed by atoms with Crippen LogP contribution in [-0.4, -0.2) is 126 Å². The van der Waals surface area contributed by atoms with Gasteiger partial charge in [0, 0.05) is 56.9 Å². The fourth-order valence-corrected chi connectivity index (χ4v) is 14.8. The lowest BCUT2D eigenvalue weighted by Crippen LogP contribution is -2.68. The normalized spacial score (nSPS) is 44.9. The van der Waals surface area contributed by atoms with Gasteiger partial charge in [0.2, 0.25) is 0 Å². The number of fused-ring (bicyclic) bond motifs is 2. The molecule has 3 N–H and O–H groups in total. The van der Waals surface area contributed by atoms with Crippen molar-refractivity contribution in [2.75, 3.05) is 53.1 Å². The molecule has 0 aromatic rings. The van der Waals surface area contributed by atoms with E-state index >= 15 is 0 Å². The van der Waals surface area contributed by atoms with E-state index in [-0.39, 0.29) is 53.0 Å². The van der Waals surface area contributed by atoms with Crippen LogP contribution in [0.1, 0.15) is 127 Å². The first-order valence-electron chi connectivity index (χ1n) is 21.7. The predicted octanol–water partition coefficient (Wildman–Crippen LogP) is 6.11. The Labute approximate surface area is 322 Å². The molecule has 7 rings (SSSR count). The number of aliphatic hydroxyl groups is 3. The van der Waals surface area contributed by atoms with Gasteiger partial charge in [-0.15, -0.1) is 0 Å². The van der Waals surface area contributed by atoms with Gasteiger partial charge in [-0.05, 0) is 138 Å². The Morgan fingerprint density at radius 2 is 1.62 bits per heavy atom. The topological polar surface area (TPSA) is 104 Å². The summed E-state index contributed by atoms with van der Waals surface area (Å²) >= 11 is 0. The lowest BCUT2D eigenvalue weighted by Gasteiger charge is -2.64. The molecule has 0 radical (unpaired) electrons. The van der Waals surface area contributed by atoms with Gasteiger partial charge in [0.25, 0.3) is 0 Å². The summed E-state index contributed by atoms with van der Waals surface area (Å²) in [7, 11) is 1.75. The molecule has 5 aliphatic carbocycles. The van der Waals surface area contributed by atoms with E-state index in [0.717, 1.165) is 45.4 Å². The molecule has 0 amide bonds. The van der Waals surface area contributed by atoms with Gasteiger partial charge in [-0.3, -0.25) is 9.80 Å². The zero-order valence-corrected chi connectivity index (χ0v) is 35.5. The highest BCUT2D eigenvalue weighted by molar-refractivity contribution is 5.31. The molecule has 306 valence electrons. The molecule has 2 unspecified atom stereocenters. The number of rotatable bonds is 13. The minimum atomic E-state index is -1.00. The van der Waals surface area contributed by atoms with Crippen LogP contribution in [0.4, 0.5) is 0 Å². The first-order chi connectivity index (χ1) is 24.8. The maximum atomic E-state index is 12.3. The van der Waals surface area contributed by atoms with E-state index in [1.165, 1.54) is 38.5 Å². The van der Waals surface area contributed by atoms with E-state index < -0.39 is 11.7 Å².